The highest BCUT2D eigenvalue weighted by atomic mass is 35.5. The predicted octanol–water partition coefficient (Wildman–Crippen LogP) is 3.04. The Kier molecular flexibility index (Phi) is 8.17. The molecule has 1 N–H and O–H groups in total. The van der Waals surface area contributed by atoms with E-state index in [9.17, 15) is 18.0 Å². The number of nitrogens with zero attached hydrogens (tertiary/aromatic N) is 2. The Balaban J connectivity index is 1.92. The summed E-state index contributed by atoms with van der Waals surface area (Å²) in [6, 6.07) is 8.59. The van der Waals surface area contributed by atoms with Crippen LogP contribution >= 0.6 is 23.2 Å². The summed E-state index contributed by atoms with van der Waals surface area (Å²) in [5.41, 5.74) is 0.869. The van der Waals surface area contributed by atoms with Crippen LogP contribution in [0.5, 0.6) is 11.5 Å². The highest BCUT2D eigenvalue weighted by Crippen LogP contribution is 2.36. The molecule has 2 amide bonds. The molecule has 34 heavy (non-hydrogen) atoms. The summed E-state index contributed by atoms with van der Waals surface area (Å²) in [5, 5.41) is 3.34. The lowest BCUT2D eigenvalue weighted by Crippen LogP contribution is -2.51. The van der Waals surface area contributed by atoms with Gasteiger partial charge in [0.25, 0.3) is 0 Å². The molecule has 0 aliphatic carbocycles. The third-order valence-electron chi connectivity index (χ3n) is 5.18. The molecule has 0 unspecified atom stereocenters. The normalized spacial score (nSPS) is 13.3. The number of nitrogens with one attached hydrogen (secondary N) is 1. The molecule has 0 saturated carbocycles. The van der Waals surface area contributed by atoms with Gasteiger partial charge >= 0.3 is 0 Å². The van der Waals surface area contributed by atoms with Crippen LogP contribution < -0.4 is 19.1 Å². The zero-order valence-corrected chi connectivity index (χ0v) is 21.2. The van der Waals surface area contributed by atoms with Crippen molar-refractivity contribution in [1.82, 2.24) is 10.2 Å². The molecule has 12 heteroatoms. The molecule has 0 bridgehead atoms. The number of anilines is 1. The van der Waals surface area contributed by atoms with Crippen molar-refractivity contribution >= 4 is 50.7 Å². The van der Waals surface area contributed by atoms with E-state index in [1.807, 2.05) is 0 Å². The monoisotopic (exact) mass is 529 g/mol. The van der Waals surface area contributed by atoms with E-state index in [-0.39, 0.29) is 24.9 Å². The maximum absolute atomic E-state index is 13.4. The first kappa shape index (κ1) is 25.9. The van der Waals surface area contributed by atoms with Gasteiger partial charge in [0, 0.05) is 19.2 Å². The second kappa shape index (κ2) is 10.7. The largest absolute Gasteiger partial charge is 0.454 e. The van der Waals surface area contributed by atoms with Crippen LogP contribution in [0.15, 0.2) is 36.4 Å². The summed E-state index contributed by atoms with van der Waals surface area (Å²) in [7, 11) is -3.85. The maximum atomic E-state index is 13.4. The molecular formula is C22H25Cl2N3O6S. The number of fused-ring (bicyclic) bond motifs is 1. The summed E-state index contributed by atoms with van der Waals surface area (Å²) < 4.78 is 36.8. The molecular weight excluding hydrogens is 505 g/mol. The van der Waals surface area contributed by atoms with Gasteiger partial charge in [-0.15, -0.1) is 0 Å². The number of ether oxygens (including phenoxy) is 2. The lowest BCUT2D eigenvalue weighted by Gasteiger charge is -2.31. The van der Waals surface area contributed by atoms with Crippen LogP contribution in [-0.4, -0.2) is 57.3 Å². The number of sulfonamides is 1. The molecule has 1 atom stereocenters. The van der Waals surface area contributed by atoms with Gasteiger partial charge in [-0.05, 0) is 43.7 Å². The van der Waals surface area contributed by atoms with E-state index in [1.54, 1.807) is 38.1 Å². The third-order valence-corrected chi connectivity index (χ3v) is 7.06. The zero-order valence-electron chi connectivity index (χ0n) is 18.9. The standard InChI is InChI=1S/C22H25Cl2N3O6S/c1-4-25-22(29)14(2)26(11-15-5-7-17(23)18(24)9-15)21(28)12-27(34(3,30)31)16-6-8-19-20(10-16)33-13-32-19/h5-10,14H,4,11-13H2,1-3H3,(H,25,29)/t14-/m1/s1. The number of benzene rings is 2. The van der Waals surface area contributed by atoms with Gasteiger partial charge in [-0.1, -0.05) is 29.3 Å². The first-order chi connectivity index (χ1) is 16.0. The lowest BCUT2D eigenvalue weighted by atomic mass is 10.1. The minimum atomic E-state index is -3.85. The minimum Gasteiger partial charge on any atom is -0.454 e. The van der Waals surface area contributed by atoms with Crippen molar-refractivity contribution in [3.8, 4) is 11.5 Å². The SMILES string of the molecule is CCNC(=O)[C@@H](C)N(Cc1ccc(Cl)c(Cl)c1)C(=O)CN(c1ccc2c(c1)OCO2)S(C)(=O)=O. The van der Waals surface area contributed by atoms with Crippen molar-refractivity contribution in [2.45, 2.75) is 26.4 Å². The molecule has 1 heterocycles. The number of hydrogen-bond acceptors (Lipinski definition) is 6. The number of hydrogen-bond donors (Lipinski definition) is 1. The summed E-state index contributed by atoms with van der Waals surface area (Å²) in [4.78, 5) is 27.3. The number of halogens is 2. The molecule has 0 spiro atoms. The Morgan fingerprint density at radius 3 is 2.44 bits per heavy atom. The topological polar surface area (TPSA) is 105 Å². The van der Waals surface area contributed by atoms with Gasteiger partial charge in [-0.2, -0.15) is 0 Å². The van der Waals surface area contributed by atoms with Crippen LogP contribution in [0.25, 0.3) is 0 Å². The second-order valence-corrected chi connectivity index (χ2v) is 10.4. The summed E-state index contributed by atoms with van der Waals surface area (Å²) in [6.45, 7) is 3.24. The molecule has 3 rings (SSSR count). The van der Waals surface area contributed by atoms with Crippen LogP contribution in [0.4, 0.5) is 5.69 Å². The molecule has 184 valence electrons. The second-order valence-electron chi connectivity index (χ2n) is 7.65. The van der Waals surface area contributed by atoms with Crippen LogP contribution in [-0.2, 0) is 26.2 Å². The van der Waals surface area contributed by atoms with Crippen molar-refractivity contribution < 1.29 is 27.5 Å². The van der Waals surface area contributed by atoms with Crippen LogP contribution in [0.1, 0.15) is 19.4 Å². The van der Waals surface area contributed by atoms with Crippen molar-refractivity contribution in [2.75, 3.05) is 30.4 Å². The van der Waals surface area contributed by atoms with Gasteiger partial charge in [0.2, 0.25) is 28.6 Å². The summed E-state index contributed by atoms with van der Waals surface area (Å²) in [6.07, 6.45) is 1.00. The average molecular weight is 530 g/mol. The van der Waals surface area contributed by atoms with Gasteiger partial charge in [0.15, 0.2) is 11.5 Å². The molecule has 0 fully saturated rings. The number of carbonyl (C=O) groups is 2. The van der Waals surface area contributed by atoms with Crippen molar-refractivity contribution in [1.29, 1.82) is 0 Å². The quantitative estimate of drug-likeness (QED) is 0.535. The first-order valence-corrected chi connectivity index (χ1v) is 13.0. The van der Waals surface area contributed by atoms with E-state index < -0.39 is 28.5 Å². The number of amides is 2. The molecule has 0 radical (unpaired) electrons. The number of likely N-dealkylation sites (N-methyl/N-ethyl adjacent to an activating group) is 1. The van der Waals surface area contributed by atoms with Gasteiger partial charge in [0.05, 0.1) is 22.0 Å². The highest BCUT2D eigenvalue weighted by molar-refractivity contribution is 7.92. The van der Waals surface area contributed by atoms with Gasteiger partial charge in [-0.3, -0.25) is 13.9 Å². The maximum Gasteiger partial charge on any atom is 0.244 e. The fourth-order valence-corrected chi connectivity index (χ4v) is 4.56. The molecule has 2 aromatic carbocycles. The lowest BCUT2D eigenvalue weighted by molar-refractivity contribution is -0.139. The molecule has 2 aromatic rings. The van der Waals surface area contributed by atoms with E-state index in [1.165, 1.54) is 17.0 Å². The Morgan fingerprint density at radius 1 is 1.09 bits per heavy atom. The Hall–Kier alpha value is -2.69. The van der Waals surface area contributed by atoms with Crippen LogP contribution in [0, 0.1) is 0 Å². The van der Waals surface area contributed by atoms with E-state index in [4.69, 9.17) is 32.7 Å². The van der Waals surface area contributed by atoms with Crippen LogP contribution in [0.3, 0.4) is 0 Å². The van der Waals surface area contributed by atoms with E-state index >= 15 is 0 Å². The Bertz CT molecular complexity index is 1190. The predicted molar refractivity (Wildman–Crippen MR) is 130 cm³/mol. The van der Waals surface area contributed by atoms with Crippen molar-refractivity contribution in [3.63, 3.8) is 0 Å². The fraction of sp³-hybridized carbons (Fsp3) is 0.364. The van der Waals surface area contributed by atoms with E-state index in [0.717, 1.165) is 10.6 Å². The fourth-order valence-electron chi connectivity index (χ4n) is 3.39. The molecule has 0 aromatic heterocycles. The minimum absolute atomic E-state index is 0.0206. The van der Waals surface area contributed by atoms with Crippen molar-refractivity contribution in [3.05, 3.63) is 52.0 Å². The van der Waals surface area contributed by atoms with E-state index in [0.29, 0.717) is 33.7 Å². The molecule has 9 nitrogen and oxygen atoms in total. The number of carbonyl (C=O) groups excluding carboxylic acids is 2. The molecule has 1 aliphatic rings. The summed E-state index contributed by atoms with van der Waals surface area (Å²) in [5.74, 6) is -0.0885. The highest BCUT2D eigenvalue weighted by Gasteiger charge is 2.30. The molecule has 1 aliphatic heterocycles. The van der Waals surface area contributed by atoms with Gasteiger partial charge in [0.1, 0.15) is 12.6 Å². The summed E-state index contributed by atoms with van der Waals surface area (Å²) >= 11 is 12.1. The average Bonchev–Trinajstić information content (AvgIpc) is 3.24. The third kappa shape index (κ3) is 6.05. The number of rotatable bonds is 9. The molecule has 0 saturated heterocycles. The van der Waals surface area contributed by atoms with Gasteiger partial charge < -0.3 is 19.7 Å². The Labute approximate surface area is 208 Å². The zero-order chi connectivity index (χ0) is 25.0. The smallest absolute Gasteiger partial charge is 0.244 e. The van der Waals surface area contributed by atoms with E-state index in [2.05, 4.69) is 5.32 Å². The van der Waals surface area contributed by atoms with Crippen LogP contribution in [0.2, 0.25) is 10.0 Å². The van der Waals surface area contributed by atoms with Crippen molar-refractivity contribution in [2.24, 2.45) is 0 Å². The Morgan fingerprint density at radius 2 is 1.79 bits per heavy atom. The first-order valence-electron chi connectivity index (χ1n) is 10.4. The van der Waals surface area contributed by atoms with Gasteiger partial charge in [-0.25, -0.2) is 8.42 Å².